The van der Waals surface area contributed by atoms with Crippen molar-refractivity contribution in [3.8, 4) is 11.1 Å². The first-order valence-electron chi connectivity index (χ1n) is 11.0. The fourth-order valence-electron chi connectivity index (χ4n) is 5.69. The summed E-state index contributed by atoms with van der Waals surface area (Å²) < 4.78 is 0. The summed E-state index contributed by atoms with van der Waals surface area (Å²) in [6.07, 6.45) is 10.4. The Labute approximate surface area is 191 Å². The molecule has 2 aliphatic carbocycles. The fraction of sp³-hybridized carbons (Fsp3) is 0.0625. The van der Waals surface area contributed by atoms with E-state index in [9.17, 15) is 0 Å². The molecule has 5 rings (SSSR count). The van der Waals surface area contributed by atoms with Crippen LogP contribution in [0.15, 0.2) is 134 Å². The average Bonchev–Trinajstić information content (AvgIpc) is 3.30. The molecule has 0 amide bonds. The second-order valence-corrected chi connectivity index (χ2v) is 8.16. The SMILES string of the molecule is C=CC1=C(/C=C\C)C2(C(C=C)=C(C=C)c3c(-c4ccccc4)cccc32)c2ccccc21. The summed E-state index contributed by atoms with van der Waals surface area (Å²) in [4.78, 5) is 0. The smallest absolute Gasteiger partial charge is 0.0725 e. The number of hydrogen-bond donors (Lipinski definition) is 0. The number of hydrogen-bond acceptors (Lipinski definition) is 0. The summed E-state index contributed by atoms with van der Waals surface area (Å²) in [7, 11) is 0. The third-order valence-electron chi connectivity index (χ3n) is 6.78. The minimum atomic E-state index is -0.433. The molecular weight excluding hydrogens is 384 g/mol. The largest absolute Gasteiger partial charge is 0.0987 e. The molecule has 1 atom stereocenters. The highest BCUT2D eigenvalue weighted by molar-refractivity contribution is 6.02. The molecule has 0 bridgehead atoms. The van der Waals surface area contributed by atoms with Gasteiger partial charge in [0.25, 0.3) is 0 Å². The molecule has 0 aliphatic heterocycles. The molecule has 0 heteroatoms. The second kappa shape index (κ2) is 7.66. The number of benzene rings is 3. The van der Waals surface area contributed by atoms with Crippen molar-refractivity contribution in [3.05, 3.63) is 156 Å². The van der Waals surface area contributed by atoms with E-state index in [2.05, 4.69) is 112 Å². The third-order valence-corrected chi connectivity index (χ3v) is 6.78. The Kier molecular flexibility index (Phi) is 4.79. The zero-order chi connectivity index (χ0) is 22.3. The van der Waals surface area contributed by atoms with Gasteiger partial charge in [-0.1, -0.05) is 123 Å². The molecule has 154 valence electrons. The van der Waals surface area contributed by atoms with Crippen LogP contribution in [0.5, 0.6) is 0 Å². The zero-order valence-electron chi connectivity index (χ0n) is 18.4. The highest BCUT2D eigenvalue weighted by Crippen LogP contribution is 2.62. The lowest BCUT2D eigenvalue weighted by Crippen LogP contribution is -2.27. The normalized spacial score (nSPS) is 18.9. The molecule has 0 saturated carbocycles. The first-order valence-corrected chi connectivity index (χ1v) is 11.0. The molecule has 0 aromatic heterocycles. The van der Waals surface area contributed by atoms with Crippen molar-refractivity contribution in [2.75, 3.05) is 0 Å². The van der Waals surface area contributed by atoms with Gasteiger partial charge in [0.2, 0.25) is 0 Å². The van der Waals surface area contributed by atoms with Crippen LogP contribution < -0.4 is 0 Å². The number of rotatable bonds is 5. The lowest BCUT2D eigenvalue weighted by molar-refractivity contribution is 0.779. The lowest BCUT2D eigenvalue weighted by Gasteiger charge is -2.32. The van der Waals surface area contributed by atoms with Gasteiger partial charge < -0.3 is 0 Å². The van der Waals surface area contributed by atoms with Gasteiger partial charge in [0, 0.05) is 0 Å². The van der Waals surface area contributed by atoms with Crippen molar-refractivity contribution in [2.45, 2.75) is 12.3 Å². The van der Waals surface area contributed by atoms with Crippen molar-refractivity contribution < 1.29 is 0 Å². The Bertz CT molecular complexity index is 1360. The zero-order valence-corrected chi connectivity index (χ0v) is 18.4. The average molecular weight is 411 g/mol. The monoisotopic (exact) mass is 410 g/mol. The number of fused-ring (bicyclic) bond motifs is 4. The standard InChI is InChI=1S/C32H26/c1-5-15-28-23(6-2)26-18-12-13-20-29(26)32(28)27(8-4)24(7-3)31-25(19-14-21-30(31)32)22-16-10-9-11-17-22/h5-21H,2-4H2,1H3/b15-5-. The molecule has 0 nitrogen and oxygen atoms in total. The summed E-state index contributed by atoms with van der Waals surface area (Å²) in [6.45, 7) is 14.8. The summed E-state index contributed by atoms with van der Waals surface area (Å²) in [5.41, 5.74) is 11.8. The molecule has 0 radical (unpaired) electrons. The van der Waals surface area contributed by atoms with Crippen LogP contribution in [0.2, 0.25) is 0 Å². The minimum absolute atomic E-state index is 0.433. The Morgan fingerprint density at radius 1 is 0.625 bits per heavy atom. The van der Waals surface area contributed by atoms with Crippen LogP contribution in [-0.2, 0) is 5.41 Å². The van der Waals surface area contributed by atoms with Crippen LogP contribution in [0.1, 0.15) is 29.2 Å². The van der Waals surface area contributed by atoms with E-state index in [1.54, 1.807) is 0 Å². The molecule has 3 aromatic carbocycles. The molecule has 0 fully saturated rings. The minimum Gasteiger partial charge on any atom is -0.0987 e. The lowest BCUT2D eigenvalue weighted by atomic mass is 9.68. The maximum atomic E-state index is 4.29. The predicted molar refractivity (Wildman–Crippen MR) is 138 cm³/mol. The van der Waals surface area contributed by atoms with Crippen molar-refractivity contribution in [3.63, 3.8) is 0 Å². The molecule has 32 heavy (non-hydrogen) atoms. The van der Waals surface area contributed by atoms with E-state index in [1.807, 2.05) is 18.2 Å². The van der Waals surface area contributed by atoms with Crippen LogP contribution in [0.25, 0.3) is 22.3 Å². The van der Waals surface area contributed by atoms with Crippen molar-refractivity contribution in [1.82, 2.24) is 0 Å². The second-order valence-electron chi connectivity index (χ2n) is 8.16. The van der Waals surface area contributed by atoms with Crippen molar-refractivity contribution in [1.29, 1.82) is 0 Å². The van der Waals surface area contributed by atoms with E-state index in [0.717, 1.165) is 5.57 Å². The molecular formula is C32H26. The van der Waals surface area contributed by atoms with E-state index in [1.165, 1.54) is 50.1 Å². The molecule has 1 unspecified atom stereocenters. The van der Waals surface area contributed by atoms with Crippen molar-refractivity contribution in [2.24, 2.45) is 0 Å². The summed E-state index contributed by atoms with van der Waals surface area (Å²) >= 11 is 0. The van der Waals surface area contributed by atoms with Gasteiger partial charge in [0.05, 0.1) is 5.41 Å². The van der Waals surface area contributed by atoms with Crippen LogP contribution in [0, 0.1) is 0 Å². The fourth-order valence-corrected chi connectivity index (χ4v) is 5.69. The Balaban J connectivity index is 2.00. The molecule has 2 aliphatic rings. The van der Waals surface area contributed by atoms with Crippen LogP contribution >= 0.6 is 0 Å². The van der Waals surface area contributed by atoms with E-state index in [0.29, 0.717) is 0 Å². The Morgan fingerprint density at radius 3 is 1.97 bits per heavy atom. The van der Waals surface area contributed by atoms with Crippen LogP contribution in [-0.4, -0.2) is 0 Å². The third kappa shape index (κ3) is 2.44. The Morgan fingerprint density at radius 2 is 1.28 bits per heavy atom. The van der Waals surface area contributed by atoms with Gasteiger partial charge in [-0.3, -0.25) is 0 Å². The highest BCUT2D eigenvalue weighted by atomic mass is 14.5. The van der Waals surface area contributed by atoms with Gasteiger partial charge in [-0.2, -0.15) is 0 Å². The molecule has 3 aromatic rings. The summed E-state index contributed by atoms with van der Waals surface area (Å²) in [5.74, 6) is 0. The Hall–Kier alpha value is -3.90. The van der Waals surface area contributed by atoms with Crippen molar-refractivity contribution >= 4 is 11.1 Å². The van der Waals surface area contributed by atoms with E-state index >= 15 is 0 Å². The first-order chi connectivity index (χ1) is 15.7. The predicted octanol–water partition coefficient (Wildman–Crippen LogP) is 8.31. The maximum absolute atomic E-state index is 4.29. The quantitative estimate of drug-likeness (QED) is 0.397. The first kappa shape index (κ1) is 20.0. The van der Waals surface area contributed by atoms with Gasteiger partial charge in [-0.25, -0.2) is 0 Å². The van der Waals surface area contributed by atoms with Crippen LogP contribution in [0.3, 0.4) is 0 Å². The van der Waals surface area contributed by atoms with Crippen LogP contribution in [0.4, 0.5) is 0 Å². The maximum Gasteiger partial charge on any atom is 0.0725 e. The molecule has 0 saturated heterocycles. The van der Waals surface area contributed by atoms with Gasteiger partial charge in [-0.05, 0) is 62.6 Å². The van der Waals surface area contributed by atoms with E-state index < -0.39 is 5.41 Å². The van der Waals surface area contributed by atoms with E-state index in [-0.39, 0.29) is 0 Å². The topological polar surface area (TPSA) is 0 Å². The molecule has 0 heterocycles. The molecule has 0 N–H and O–H groups in total. The summed E-state index contributed by atoms with van der Waals surface area (Å²) in [5, 5.41) is 0. The highest BCUT2D eigenvalue weighted by Gasteiger charge is 2.52. The van der Waals surface area contributed by atoms with Gasteiger partial charge in [0.1, 0.15) is 0 Å². The van der Waals surface area contributed by atoms with Gasteiger partial charge >= 0.3 is 0 Å². The van der Waals surface area contributed by atoms with Gasteiger partial charge in [-0.15, -0.1) is 0 Å². The number of allylic oxidation sites excluding steroid dienone is 9. The molecule has 1 spiro atoms. The summed E-state index contributed by atoms with van der Waals surface area (Å²) in [6, 6.07) is 26.0. The van der Waals surface area contributed by atoms with Gasteiger partial charge in [0.15, 0.2) is 0 Å². The van der Waals surface area contributed by atoms with E-state index in [4.69, 9.17) is 0 Å².